The van der Waals surface area contributed by atoms with Crippen LogP contribution in [-0.4, -0.2) is 25.2 Å². The highest BCUT2D eigenvalue weighted by atomic mass is 19.1. The molecule has 4 nitrogen and oxygen atoms in total. The molecule has 1 N–H and O–H groups in total. The van der Waals surface area contributed by atoms with E-state index in [0.29, 0.717) is 25.2 Å². The van der Waals surface area contributed by atoms with Gasteiger partial charge in [-0.25, -0.2) is 4.39 Å². The molecule has 1 fully saturated rings. The lowest BCUT2D eigenvalue weighted by Gasteiger charge is -2.23. The summed E-state index contributed by atoms with van der Waals surface area (Å²) in [6.45, 7) is 6.80. The fourth-order valence-electron chi connectivity index (χ4n) is 3.34. The van der Waals surface area contributed by atoms with E-state index in [2.05, 4.69) is 11.9 Å². The minimum atomic E-state index is -0.382. The van der Waals surface area contributed by atoms with Gasteiger partial charge >= 0.3 is 0 Å². The summed E-state index contributed by atoms with van der Waals surface area (Å²) in [6, 6.07) is 4.61. The van der Waals surface area contributed by atoms with E-state index in [-0.39, 0.29) is 35.5 Å². The monoisotopic (exact) mass is 319 g/mol. The number of ether oxygens (including phenoxy) is 2. The Hall–Kier alpha value is -1.88. The Bertz CT molecular complexity index is 616. The molecule has 3 atom stereocenters. The number of hydrogen-bond acceptors (Lipinski definition) is 3. The van der Waals surface area contributed by atoms with Crippen molar-refractivity contribution in [1.29, 1.82) is 0 Å². The molecule has 1 aromatic carbocycles. The zero-order chi connectivity index (χ0) is 16.4. The molecular weight excluding hydrogens is 297 g/mol. The van der Waals surface area contributed by atoms with Crippen LogP contribution in [0.3, 0.4) is 0 Å². The van der Waals surface area contributed by atoms with Crippen molar-refractivity contribution >= 4 is 5.91 Å². The number of hydrogen-bond donors (Lipinski definition) is 1. The van der Waals surface area contributed by atoms with Gasteiger partial charge in [-0.3, -0.25) is 4.79 Å². The summed E-state index contributed by atoms with van der Waals surface area (Å²) in [4.78, 5) is 12.7. The summed E-state index contributed by atoms with van der Waals surface area (Å²) in [5.74, 6) is -0.409. The molecule has 0 spiro atoms. The van der Waals surface area contributed by atoms with Gasteiger partial charge in [-0.15, -0.1) is 0 Å². The number of nitrogens with one attached hydrogen (secondary N) is 1. The predicted molar refractivity (Wildman–Crippen MR) is 84.7 cm³/mol. The largest absolute Gasteiger partial charge is 0.490 e. The van der Waals surface area contributed by atoms with E-state index < -0.39 is 0 Å². The number of rotatable bonds is 3. The first-order valence-corrected chi connectivity index (χ1v) is 8.06. The van der Waals surface area contributed by atoms with Crippen LogP contribution in [0.15, 0.2) is 30.4 Å². The molecule has 1 aromatic rings. The van der Waals surface area contributed by atoms with Crippen LogP contribution in [0.4, 0.5) is 4.39 Å². The summed E-state index contributed by atoms with van der Waals surface area (Å²) in [7, 11) is 0. The zero-order valence-electron chi connectivity index (χ0n) is 13.3. The molecule has 0 bridgehead atoms. The van der Waals surface area contributed by atoms with Crippen LogP contribution < -0.4 is 10.1 Å². The summed E-state index contributed by atoms with van der Waals surface area (Å²) in [5.41, 5.74) is 1.57. The second-order valence-corrected chi connectivity index (χ2v) is 6.24. The van der Waals surface area contributed by atoms with E-state index >= 15 is 0 Å². The van der Waals surface area contributed by atoms with Gasteiger partial charge in [0.05, 0.1) is 24.7 Å². The van der Waals surface area contributed by atoms with Gasteiger partial charge in [0.2, 0.25) is 5.91 Å². The lowest BCUT2D eigenvalue weighted by molar-refractivity contribution is -0.126. The van der Waals surface area contributed by atoms with Crippen molar-refractivity contribution in [2.75, 3.05) is 13.2 Å². The number of fused-ring (bicyclic) bond motifs is 1. The first-order valence-electron chi connectivity index (χ1n) is 8.06. The standard InChI is InChI=1S/C18H22FNO3/c1-11(2)16-13(8-10-23-16)18(21)20-15-7-4-9-22-17-12(15)5-3-6-14(17)19/h3,5-6,13,15-16H,1,4,7-10H2,2H3,(H,20,21)/t13-,15-,16-/m1/s1. The van der Waals surface area contributed by atoms with Crippen LogP contribution in [0, 0.1) is 11.7 Å². The van der Waals surface area contributed by atoms with E-state index in [9.17, 15) is 9.18 Å². The van der Waals surface area contributed by atoms with Crippen LogP contribution in [0.1, 0.15) is 37.8 Å². The molecule has 1 amide bonds. The topological polar surface area (TPSA) is 47.6 Å². The molecule has 3 rings (SSSR count). The minimum absolute atomic E-state index is 0.0578. The van der Waals surface area contributed by atoms with Crippen molar-refractivity contribution in [1.82, 2.24) is 5.32 Å². The number of halogens is 1. The van der Waals surface area contributed by atoms with Crippen molar-refractivity contribution in [3.63, 3.8) is 0 Å². The Labute approximate surface area is 135 Å². The molecule has 1 saturated heterocycles. The van der Waals surface area contributed by atoms with E-state index in [1.165, 1.54) is 6.07 Å². The van der Waals surface area contributed by atoms with E-state index in [1.54, 1.807) is 6.07 Å². The number of benzene rings is 1. The maximum Gasteiger partial charge on any atom is 0.226 e. The fourth-order valence-corrected chi connectivity index (χ4v) is 3.34. The predicted octanol–water partition coefficient (Wildman–Crippen LogP) is 3.14. The Kier molecular flexibility index (Phi) is 4.66. The molecular formula is C18H22FNO3. The maximum absolute atomic E-state index is 14.0. The van der Waals surface area contributed by atoms with Gasteiger partial charge < -0.3 is 14.8 Å². The average molecular weight is 319 g/mol. The number of para-hydroxylation sites is 1. The zero-order valence-corrected chi connectivity index (χ0v) is 13.3. The fraction of sp³-hybridized carbons (Fsp3) is 0.500. The second-order valence-electron chi connectivity index (χ2n) is 6.24. The molecule has 0 aromatic heterocycles. The molecule has 124 valence electrons. The van der Waals surface area contributed by atoms with Crippen molar-refractivity contribution in [3.8, 4) is 5.75 Å². The highest BCUT2D eigenvalue weighted by molar-refractivity contribution is 5.80. The first-order chi connectivity index (χ1) is 11.1. The quantitative estimate of drug-likeness (QED) is 0.871. The number of amides is 1. The number of carbonyl (C=O) groups is 1. The van der Waals surface area contributed by atoms with Gasteiger partial charge in [0.1, 0.15) is 0 Å². The Morgan fingerprint density at radius 3 is 2.96 bits per heavy atom. The third-order valence-electron chi connectivity index (χ3n) is 4.49. The second kappa shape index (κ2) is 6.71. The van der Waals surface area contributed by atoms with Crippen molar-refractivity contribution in [3.05, 3.63) is 41.7 Å². The summed E-state index contributed by atoms with van der Waals surface area (Å²) in [5, 5.41) is 3.06. The third-order valence-corrected chi connectivity index (χ3v) is 4.49. The lowest BCUT2D eigenvalue weighted by atomic mass is 9.94. The highest BCUT2D eigenvalue weighted by Gasteiger charge is 2.36. The lowest BCUT2D eigenvalue weighted by Crippen LogP contribution is -2.37. The van der Waals surface area contributed by atoms with Crippen LogP contribution >= 0.6 is 0 Å². The van der Waals surface area contributed by atoms with Gasteiger partial charge in [0.15, 0.2) is 11.6 Å². The van der Waals surface area contributed by atoms with Gasteiger partial charge in [-0.1, -0.05) is 24.3 Å². The van der Waals surface area contributed by atoms with E-state index in [1.807, 2.05) is 13.0 Å². The summed E-state index contributed by atoms with van der Waals surface area (Å²) < 4.78 is 25.1. The van der Waals surface area contributed by atoms with Crippen LogP contribution in [0.2, 0.25) is 0 Å². The third kappa shape index (κ3) is 3.24. The molecule has 0 saturated carbocycles. The van der Waals surface area contributed by atoms with Crippen LogP contribution in [-0.2, 0) is 9.53 Å². The van der Waals surface area contributed by atoms with Crippen molar-refractivity contribution in [2.45, 2.75) is 38.3 Å². The molecule has 23 heavy (non-hydrogen) atoms. The molecule has 2 heterocycles. The Balaban J connectivity index is 1.79. The van der Waals surface area contributed by atoms with Crippen molar-refractivity contribution < 1.29 is 18.7 Å². The van der Waals surface area contributed by atoms with E-state index in [4.69, 9.17) is 9.47 Å². The van der Waals surface area contributed by atoms with E-state index in [0.717, 1.165) is 18.4 Å². The molecule has 2 aliphatic heterocycles. The Morgan fingerprint density at radius 1 is 1.35 bits per heavy atom. The summed E-state index contributed by atoms with van der Waals surface area (Å²) >= 11 is 0. The van der Waals surface area contributed by atoms with Gasteiger partial charge in [-0.2, -0.15) is 0 Å². The van der Waals surface area contributed by atoms with Gasteiger partial charge in [-0.05, 0) is 32.3 Å². The number of carbonyl (C=O) groups excluding carboxylic acids is 1. The molecule has 0 unspecified atom stereocenters. The normalized spacial score (nSPS) is 26.8. The molecule has 0 aliphatic carbocycles. The molecule has 2 aliphatic rings. The first kappa shape index (κ1) is 16.0. The van der Waals surface area contributed by atoms with Gasteiger partial charge in [0, 0.05) is 12.2 Å². The van der Waals surface area contributed by atoms with Crippen molar-refractivity contribution in [2.24, 2.45) is 5.92 Å². The smallest absolute Gasteiger partial charge is 0.226 e. The maximum atomic E-state index is 14.0. The molecule has 5 heteroatoms. The minimum Gasteiger partial charge on any atom is -0.490 e. The van der Waals surface area contributed by atoms with Crippen LogP contribution in [0.5, 0.6) is 5.75 Å². The SMILES string of the molecule is C=C(C)[C@H]1OCC[C@H]1C(=O)N[C@@H]1CCCOc2c(F)cccc21. The highest BCUT2D eigenvalue weighted by Crippen LogP contribution is 2.34. The molecule has 0 radical (unpaired) electrons. The Morgan fingerprint density at radius 2 is 2.17 bits per heavy atom. The average Bonchev–Trinajstić information content (AvgIpc) is 2.93. The van der Waals surface area contributed by atoms with Gasteiger partial charge in [0.25, 0.3) is 0 Å². The summed E-state index contributed by atoms with van der Waals surface area (Å²) in [6.07, 6.45) is 1.95. The van der Waals surface area contributed by atoms with Crippen LogP contribution in [0.25, 0.3) is 0 Å².